The van der Waals surface area contributed by atoms with E-state index >= 15 is 0 Å². The predicted octanol–water partition coefficient (Wildman–Crippen LogP) is 12.0. The number of fused-ring (bicyclic) bond motifs is 3. The Morgan fingerprint density at radius 3 is 2.19 bits per heavy atom. The number of ether oxygens (including phenoxy) is 1. The number of pyridine rings is 1. The third-order valence-electron chi connectivity index (χ3n) is 9.76. The van der Waals surface area contributed by atoms with E-state index in [9.17, 15) is 0 Å². The van der Waals surface area contributed by atoms with Gasteiger partial charge in [-0.05, 0) is 96.0 Å². The van der Waals surface area contributed by atoms with Gasteiger partial charge in [0.2, 0.25) is 0 Å². The average Bonchev–Trinajstić information content (AvgIpc) is 3.58. The second kappa shape index (κ2) is 14.5. The number of rotatable bonds is 8. The molecular weight excluding hydrogens is 731 g/mol. The zero-order valence-electron chi connectivity index (χ0n) is 32.0. The topological polar surface area (TPSA) is 44.9 Å². The van der Waals surface area contributed by atoms with Gasteiger partial charge in [0.05, 0.1) is 11.4 Å². The van der Waals surface area contributed by atoms with Crippen LogP contribution in [0.2, 0.25) is 0 Å². The smallest absolute Gasteiger partial charge is 0.509 e. The van der Waals surface area contributed by atoms with Crippen molar-refractivity contribution in [1.82, 2.24) is 19.3 Å². The Hall–Kier alpha value is -4.50. The second-order valence-electron chi connectivity index (χ2n) is 15.7. The molecule has 3 aromatic heterocycles. The molecule has 0 aliphatic carbocycles. The van der Waals surface area contributed by atoms with Crippen LogP contribution in [0.25, 0.3) is 44.4 Å². The monoisotopic (exact) mass is 778 g/mol. The fourth-order valence-electron chi connectivity index (χ4n) is 7.38. The van der Waals surface area contributed by atoms with Crippen LogP contribution in [0, 0.1) is 38.8 Å². The van der Waals surface area contributed by atoms with Gasteiger partial charge in [-0.1, -0.05) is 90.4 Å². The van der Waals surface area contributed by atoms with E-state index in [-0.39, 0.29) is 31.8 Å². The maximum Gasteiger partial charge on any atom is 2.00 e. The zero-order valence-corrected chi connectivity index (χ0v) is 33.5. The van der Waals surface area contributed by atoms with Crippen molar-refractivity contribution in [1.29, 1.82) is 0 Å². The SMILES string of the molecule is Cc1cccc(C)c1-c1c(C)nn(-c2[c-]c(Oc3[c-]c4c(cc3)c3ccccc3n4-c3cc(CC(C)C)ccn3)cc(C(C)(C)C)c2)c1C(C)C.[Pd+2]. The predicted molar refractivity (Wildman–Crippen MR) is 211 cm³/mol. The molecule has 268 valence electrons. The minimum absolute atomic E-state index is 0. The number of benzene rings is 4. The molecule has 0 N–H and O–H groups in total. The van der Waals surface area contributed by atoms with Crippen LogP contribution in [-0.4, -0.2) is 19.3 Å². The van der Waals surface area contributed by atoms with Crippen LogP contribution in [0.3, 0.4) is 0 Å². The van der Waals surface area contributed by atoms with Gasteiger partial charge in [0.25, 0.3) is 0 Å². The van der Waals surface area contributed by atoms with E-state index in [0.29, 0.717) is 17.4 Å². The van der Waals surface area contributed by atoms with Gasteiger partial charge < -0.3 is 9.30 Å². The second-order valence-corrected chi connectivity index (χ2v) is 15.7. The third kappa shape index (κ3) is 7.00. The number of hydrogen-bond donors (Lipinski definition) is 0. The Bertz CT molecular complexity index is 2390. The first-order valence-corrected chi connectivity index (χ1v) is 18.1. The average molecular weight is 779 g/mol. The van der Waals surface area contributed by atoms with E-state index in [1.54, 1.807) is 0 Å². The fraction of sp³-hybridized carbons (Fsp3) is 0.304. The Balaban J connectivity index is 0.00000464. The molecule has 52 heavy (non-hydrogen) atoms. The van der Waals surface area contributed by atoms with E-state index in [4.69, 9.17) is 14.8 Å². The molecule has 0 radical (unpaired) electrons. The molecule has 7 rings (SSSR count). The maximum absolute atomic E-state index is 6.72. The molecule has 0 bridgehead atoms. The van der Waals surface area contributed by atoms with Crippen molar-refractivity contribution >= 4 is 21.8 Å². The van der Waals surface area contributed by atoms with E-state index < -0.39 is 0 Å². The van der Waals surface area contributed by atoms with Gasteiger partial charge in [0, 0.05) is 28.8 Å². The molecule has 0 aliphatic rings. The van der Waals surface area contributed by atoms with E-state index in [2.05, 4.69) is 163 Å². The molecule has 0 fully saturated rings. The maximum atomic E-state index is 6.72. The number of nitrogens with zero attached hydrogens (tertiary/aromatic N) is 4. The first-order chi connectivity index (χ1) is 24.3. The zero-order chi connectivity index (χ0) is 36.2. The molecule has 0 amide bonds. The van der Waals surface area contributed by atoms with Crippen LogP contribution in [-0.2, 0) is 32.3 Å². The number of hydrogen-bond acceptors (Lipinski definition) is 3. The van der Waals surface area contributed by atoms with Crippen LogP contribution in [0.4, 0.5) is 0 Å². The van der Waals surface area contributed by atoms with Crippen LogP contribution < -0.4 is 4.74 Å². The van der Waals surface area contributed by atoms with E-state index in [1.165, 1.54) is 33.5 Å². The van der Waals surface area contributed by atoms with Crippen molar-refractivity contribution in [3.05, 3.63) is 131 Å². The summed E-state index contributed by atoms with van der Waals surface area (Å²) >= 11 is 0. The minimum Gasteiger partial charge on any atom is -0.509 e. The van der Waals surface area contributed by atoms with Crippen molar-refractivity contribution < 1.29 is 25.2 Å². The normalized spacial score (nSPS) is 11.9. The quantitative estimate of drug-likeness (QED) is 0.114. The van der Waals surface area contributed by atoms with Crippen LogP contribution >= 0.6 is 0 Å². The van der Waals surface area contributed by atoms with Gasteiger partial charge in [-0.25, -0.2) is 4.98 Å². The van der Waals surface area contributed by atoms with Gasteiger partial charge in [-0.15, -0.1) is 41.3 Å². The van der Waals surface area contributed by atoms with Crippen molar-refractivity contribution in [3.63, 3.8) is 0 Å². The van der Waals surface area contributed by atoms with Gasteiger partial charge in [-0.2, -0.15) is 11.2 Å². The summed E-state index contributed by atoms with van der Waals surface area (Å²) < 4.78 is 11.0. The summed E-state index contributed by atoms with van der Waals surface area (Å²) in [7, 11) is 0. The fourth-order valence-corrected chi connectivity index (χ4v) is 7.38. The van der Waals surface area contributed by atoms with Gasteiger partial charge >= 0.3 is 20.4 Å². The minimum atomic E-state index is -0.135. The number of para-hydroxylation sites is 1. The first kappa shape index (κ1) is 37.3. The molecule has 0 saturated carbocycles. The summed E-state index contributed by atoms with van der Waals surface area (Å²) in [5.41, 5.74) is 12.3. The molecular formula is C46H48N4OPd. The Morgan fingerprint density at radius 1 is 0.769 bits per heavy atom. The molecule has 0 atom stereocenters. The number of aromatic nitrogens is 4. The van der Waals surface area contributed by atoms with Crippen LogP contribution in [0.5, 0.6) is 11.5 Å². The van der Waals surface area contributed by atoms with Crippen LogP contribution in [0.1, 0.15) is 88.0 Å². The van der Waals surface area contributed by atoms with Crippen molar-refractivity contribution in [3.8, 4) is 34.1 Å². The molecule has 0 spiro atoms. The third-order valence-corrected chi connectivity index (χ3v) is 9.76. The first-order valence-electron chi connectivity index (χ1n) is 18.1. The molecule has 4 aromatic carbocycles. The van der Waals surface area contributed by atoms with E-state index in [1.807, 2.05) is 12.3 Å². The summed E-state index contributed by atoms with van der Waals surface area (Å²) in [6.45, 7) is 22.2. The van der Waals surface area contributed by atoms with Gasteiger partial charge in [0.1, 0.15) is 5.82 Å². The molecule has 7 aromatic rings. The molecule has 0 aliphatic heterocycles. The largest absolute Gasteiger partial charge is 2.00 e. The molecule has 6 heteroatoms. The molecule has 5 nitrogen and oxygen atoms in total. The van der Waals surface area contributed by atoms with Crippen molar-refractivity contribution in [2.75, 3.05) is 0 Å². The summed E-state index contributed by atoms with van der Waals surface area (Å²) in [5.74, 6) is 2.91. The van der Waals surface area contributed by atoms with E-state index in [0.717, 1.165) is 51.0 Å². The summed E-state index contributed by atoms with van der Waals surface area (Å²) in [4.78, 5) is 4.84. The van der Waals surface area contributed by atoms with Crippen molar-refractivity contribution in [2.24, 2.45) is 5.92 Å². The molecule has 3 heterocycles. The standard InChI is InChI=1S/C46H48N4O.Pd/c1-28(2)22-33-20-21-47-42(23-33)49-40-17-12-11-16-38(40)39-19-18-36(27-41(39)49)51-37-25-34(46(8,9)10)24-35(26-37)50-45(29(3)4)44(32(7)48-50)43-30(5)14-13-15-31(43)6;/h11-21,23-25,28-29H,22H2,1-10H3;/q-2;+2. The molecule has 0 saturated heterocycles. The number of aryl methyl sites for hydroxylation is 3. The molecule has 0 unspecified atom stereocenters. The Morgan fingerprint density at radius 2 is 1.50 bits per heavy atom. The summed E-state index contributed by atoms with van der Waals surface area (Å²) in [6, 6.07) is 35.0. The van der Waals surface area contributed by atoms with Crippen molar-refractivity contribution in [2.45, 2.75) is 87.0 Å². The summed E-state index contributed by atoms with van der Waals surface area (Å²) in [6.07, 6.45) is 2.91. The van der Waals surface area contributed by atoms with Crippen LogP contribution in [0.15, 0.2) is 85.1 Å². The summed E-state index contributed by atoms with van der Waals surface area (Å²) in [5, 5.41) is 7.44. The van der Waals surface area contributed by atoms with Gasteiger partial charge in [-0.3, -0.25) is 4.68 Å². The Labute approximate surface area is 322 Å². The Kier molecular flexibility index (Phi) is 10.4. The van der Waals surface area contributed by atoms with Gasteiger partial charge in [0.15, 0.2) is 0 Å².